The molecule has 0 fully saturated rings. The number of halogens is 1. The van der Waals surface area contributed by atoms with Crippen LogP contribution in [0.2, 0.25) is 0 Å². The monoisotopic (exact) mass is 558 g/mol. The average molecular weight is 559 g/mol. The van der Waals surface area contributed by atoms with E-state index in [9.17, 15) is 9.59 Å². The van der Waals surface area contributed by atoms with E-state index < -0.39 is 0 Å². The smallest absolute Gasteiger partial charge is 0.347 e. The maximum absolute atomic E-state index is 12.7. The summed E-state index contributed by atoms with van der Waals surface area (Å²) in [7, 11) is 0. The number of aromatic nitrogens is 7. The second-order valence-electron chi connectivity index (χ2n) is 7.92. The van der Waals surface area contributed by atoms with Crippen LogP contribution in [-0.2, 0) is 26.2 Å². The molecule has 0 aliphatic carbocycles. The number of nitrogens with zero attached hydrogens (tertiary/aromatic N) is 7. The Bertz CT molecular complexity index is 1580. The normalized spacial score (nSPS) is 14.1. The van der Waals surface area contributed by atoms with E-state index in [1.165, 1.54) is 32.0 Å². The summed E-state index contributed by atoms with van der Waals surface area (Å²) in [5, 5.41) is 0.649. The molecular weight excluding hydrogens is 540 g/mol. The summed E-state index contributed by atoms with van der Waals surface area (Å²) >= 11 is 5.00. The van der Waals surface area contributed by atoms with Crippen LogP contribution in [0.3, 0.4) is 0 Å². The van der Waals surface area contributed by atoms with Gasteiger partial charge in [-0.05, 0) is 34.5 Å². The van der Waals surface area contributed by atoms with Gasteiger partial charge in [0.15, 0.2) is 33.6 Å². The Morgan fingerprint density at radius 1 is 1.00 bits per heavy atom. The Balaban J connectivity index is 1.31. The summed E-state index contributed by atoms with van der Waals surface area (Å²) in [4.78, 5) is 39.4. The van der Waals surface area contributed by atoms with E-state index in [4.69, 9.17) is 20.2 Å². The molecular formula is C21H19BrN8O4S. The minimum absolute atomic E-state index is 0.180. The number of nitrogen functional groups attached to an aromatic ring is 1. The molecule has 2 aliphatic heterocycles. The van der Waals surface area contributed by atoms with Gasteiger partial charge in [-0.25, -0.2) is 38.5 Å². The predicted octanol–water partition coefficient (Wildman–Crippen LogP) is 1.84. The molecule has 0 unspecified atom stereocenters. The number of ether oxygens (including phenoxy) is 2. The van der Waals surface area contributed by atoms with Crippen molar-refractivity contribution in [3.63, 3.8) is 0 Å². The minimum atomic E-state index is -0.305. The molecule has 0 saturated heterocycles. The summed E-state index contributed by atoms with van der Waals surface area (Å²) in [5.41, 5.74) is 6.54. The van der Waals surface area contributed by atoms with E-state index in [2.05, 4.69) is 25.9 Å². The average Bonchev–Trinajstić information content (AvgIpc) is 3.52. The van der Waals surface area contributed by atoms with Crippen LogP contribution in [0.5, 0.6) is 11.5 Å². The highest BCUT2D eigenvalue weighted by Crippen LogP contribution is 2.43. The van der Waals surface area contributed by atoms with Gasteiger partial charge in [0.25, 0.3) is 0 Å². The third-order valence-electron chi connectivity index (χ3n) is 5.84. The molecule has 0 atom stereocenters. The number of aryl methyl sites for hydroxylation is 1. The zero-order chi connectivity index (χ0) is 24.1. The zero-order valence-corrected chi connectivity index (χ0v) is 20.7. The van der Waals surface area contributed by atoms with Crippen molar-refractivity contribution < 1.29 is 9.47 Å². The highest BCUT2D eigenvalue weighted by atomic mass is 79.9. The second kappa shape index (κ2) is 8.61. The number of hydrogen-bond donors (Lipinski definition) is 1. The third kappa shape index (κ3) is 3.72. The van der Waals surface area contributed by atoms with Gasteiger partial charge in [0.05, 0.1) is 13.1 Å². The van der Waals surface area contributed by atoms with E-state index in [1.807, 2.05) is 28.9 Å². The first-order valence-electron chi connectivity index (χ1n) is 10.8. The van der Waals surface area contributed by atoms with Gasteiger partial charge in [0.1, 0.15) is 6.33 Å². The number of anilines is 1. The highest BCUT2D eigenvalue weighted by molar-refractivity contribution is 9.10. The van der Waals surface area contributed by atoms with Gasteiger partial charge >= 0.3 is 11.4 Å². The molecule has 3 aromatic heterocycles. The van der Waals surface area contributed by atoms with Gasteiger partial charge in [-0.3, -0.25) is 0 Å². The number of imidazole rings is 1. The van der Waals surface area contributed by atoms with Crippen molar-refractivity contribution in [2.24, 2.45) is 0 Å². The molecule has 0 bridgehead atoms. The Morgan fingerprint density at radius 2 is 1.69 bits per heavy atom. The summed E-state index contributed by atoms with van der Waals surface area (Å²) in [6.45, 7) is 1.71. The summed E-state index contributed by atoms with van der Waals surface area (Å²) in [5.74, 6) is 1.61. The largest absolute Gasteiger partial charge is 0.454 e. The van der Waals surface area contributed by atoms with Crippen molar-refractivity contribution in [2.45, 2.75) is 42.7 Å². The van der Waals surface area contributed by atoms with Crippen LogP contribution >= 0.6 is 27.7 Å². The Hall–Kier alpha value is -3.52. The number of fused-ring (bicyclic) bond motifs is 3. The summed E-state index contributed by atoms with van der Waals surface area (Å²) in [6.07, 6.45) is 5.67. The van der Waals surface area contributed by atoms with Crippen molar-refractivity contribution in [3.8, 4) is 11.5 Å². The third-order valence-corrected chi connectivity index (χ3v) is 7.81. The number of allylic oxidation sites excluding steroid dienone is 2. The molecule has 0 spiro atoms. The lowest BCUT2D eigenvalue weighted by Crippen LogP contribution is -2.29. The fraction of sp³-hybridized carbons (Fsp3) is 0.286. The maximum atomic E-state index is 12.7. The number of nitrogens with two attached hydrogens (primary N) is 1. The van der Waals surface area contributed by atoms with Crippen LogP contribution in [-0.4, -0.2) is 40.2 Å². The maximum Gasteiger partial charge on any atom is 0.347 e. The van der Waals surface area contributed by atoms with Gasteiger partial charge in [-0.2, -0.15) is 0 Å². The van der Waals surface area contributed by atoms with Crippen LogP contribution in [0.4, 0.5) is 5.82 Å². The van der Waals surface area contributed by atoms with Crippen molar-refractivity contribution >= 4 is 44.7 Å². The Morgan fingerprint density at radius 3 is 2.43 bits per heavy atom. The molecule has 0 saturated carbocycles. The predicted molar refractivity (Wildman–Crippen MR) is 131 cm³/mol. The van der Waals surface area contributed by atoms with Crippen molar-refractivity contribution in [1.29, 1.82) is 0 Å². The summed E-state index contributed by atoms with van der Waals surface area (Å²) in [6, 6.07) is 3.74. The Labute approximate surface area is 210 Å². The number of benzene rings is 1. The van der Waals surface area contributed by atoms with Crippen LogP contribution in [0, 0.1) is 0 Å². The number of rotatable bonds is 6. The van der Waals surface area contributed by atoms with E-state index >= 15 is 0 Å². The standard InChI is InChI=1S/C21H19BrN8O4S/c22-12-8-13-14(34-11-33-13)9-15(12)35-19-26-16-17(23)24-10-25-18(16)27(19)4-3-5-28-20(31)29-6-1-2-7-30(29)21(28)32/h1-2,8-10H,3-7,11H2,(H2,23,24,25). The van der Waals surface area contributed by atoms with Gasteiger partial charge in [-0.1, -0.05) is 23.9 Å². The molecule has 12 nitrogen and oxygen atoms in total. The quantitative estimate of drug-likeness (QED) is 0.351. The van der Waals surface area contributed by atoms with Crippen molar-refractivity contribution in [3.05, 3.63) is 56.1 Å². The minimum Gasteiger partial charge on any atom is -0.454 e. The fourth-order valence-corrected chi connectivity index (χ4v) is 5.64. The molecule has 14 heteroatoms. The second-order valence-corrected chi connectivity index (χ2v) is 9.78. The van der Waals surface area contributed by atoms with Crippen LogP contribution in [0.25, 0.3) is 11.2 Å². The van der Waals surface area contributed by atoms with E-state index in [0.717, 1.165) is 9.37 Å². The molecule has 4 aromatic rings. The van der Waals surface area contributed by atoms with Gasteiger partial charge in [0.2, 0.25) is 6.79 Å². The molecule has 5 heterocycles. The molecule has 6 rings (SSSR count). The topological polar surface area (TPSA) is 137 Å². The molecule has 0 radical (unpaired) electrons. The lowest BCUT2D eigenvalue weighted by Gasteiger charge is -2.10. The molecule has 35 heavy (non-hydrogen) atoms. The molecule has 2 aliphatic rings. The fourth-order valence-electron chi connectivity index (χ4n) is 4.14. The van der Waals surface area contributed by atoms with E-state index in [-0.39, 0.29) is 30.5 Å². The Kier molecular flexibility index (Phi) is 5.40. The zero-order valence-electron chi connectivity index (χ0n) is 18.3. The lowest BCUT2D eigenvalue weighted by molar-refractivity contribution is 0.174. The first-order valence-corrected chi connectivity index (χ1v) is 12.4. The SMILES string of the molecule is Nc1ncnc2c1nc(Sc1cc3c(cc1Br)OCO3)n2CCCn1c(=O)n2n(c1=O)CC=CC2. The first-order chi connectivity index (χ1) is 17.0. The van der Waals surface area contributed by atoms with Crippen LogP contribution in [0.15, 0.2) is 54.7 Å². The van der Waals surface area contributed by atoms with E-state index in [1.54, 1.807) is 0 Å². The van der Waals surface area contributed by atoms with Crippen LogP contribution in [0.1, 0.15) is 6.42 Å². The van der Waals surface area contributed by atoms with Crippen molar-refractivity contribution in [1.82, 2.24) is 33.4 Å². The van der Waals surface area contributed by atoms with Crippen molar-refractivity contribution in [2.75, 3.05) is 12.5 Å². The molecule has 2 N–H and O–H groups in total. The van der Waals surface area contributed by atoms with Gasteiger partial charge in [-0.15, -0.1) is 0 Å². The molecule has 1 aromatic carbocycles. The van der Waals surface area contributed by atoms with Crippen LogP contribution < -0.4 is 26.6 Å². The van der Waals surface area contributed by atoms with E-state index in [0.29, 0.717) is 53.9 Å². The number of hydrogen-bond acceptors (Lipinski definition) is 9. The van der Waals surface area contributed by atoms with Gasteiger partial charge in [0, 0.05) is 22.5 Å². The first kappa shape index (κ1) is 22.0. The highest BCUT2D eigenvalue weighted by Gasteiger charge is 2.21. The molecule has 180 valence electrons. The lowest BCUT2D eigenvalue weighted by atomic mass is 10.3. The summed E-state index contributed by atoms with van der Waals surface area (Å²) < 4.78 is 17.9. The van der Waals surface area contributed by atoms with Gasteiger partial charge < -0.3 is 19.8 Å². The molecule has 0 amide bonds.